The van der Waals surface area contributed by atoms with Gasteiger partial charge in [-0.2, -0.15) is 0 Å². The summed E-state index contributed by atoms with van der Waals surface area (Å²) in [4.78, 5) is 15.4. The number of ether oxygens (including phenoxy) is 3. The summed E-state index contributed by atoms with van der Waals surface area (Å²) in [6, 6.07) is 17.0. The largest absolute Gasteiger partial charge is 0.493 e. The van der Waals surface area contributed by atoms with Crippen LogP contribution in [0.2, 0.25) is 0 Å². The summed E-state index contributed by atoms with van der Waals surface area (Å²) < 4.78 is 30.3. The Morgan fingerprint density at radius 2 is 1.72 bits per heavy atom. The summed E-state index contributed by atoms with van der Waals surface area (Å²) in [5, 5.41) is 0. The summed E-state index contributed by atoms with van der Waals surface area (Å²) >= 11 is 0. The van der Waals surface area contributed by atoms with Crippen LogP contribution in [0.5, 0.6) is 17.2 Å². The average molecular weight is 435 g/mol. The van der Waals surface area contributed by atoms with E-state index in [1.54, 1.807) is 26.4 Å². The first-order chi connectivity index (χ1) is 15.5. The van der Waals surface area contributed by atoms with Crippen LogP contribution in [0.25, 0.3) is 0 Å². The normalized spacial score (nSPS) is 15.1. The van der Waals surface area contributed by atoms with Crippen LogP contribution >= 0.6 is 0 Å². The molecule has 32 heavy (non-hydrogen) atoms. The molecular formula is C26H26FNO4. The molecule has 0 saturated heterocycles. The Bertz CT molecular complexity index is 1110. The van der Waals surface area contributed by atoms with Gasteiger partial charge in [-0.1, -0.05) is 18.2 Å². The lowest BCUT2D eigenvalue weighted by Crippen LogP contribution is -2.42. The van der Waals surface area contributed by atoms with Gasteiger partial charge in [-0.15, -0.1) is 0 Å². The molecule has 5 nitrogen and oxygen atoms in total. The molecule has 1 unspecified atom stereocenters. The SMILES string of the molecule is COc1cc2c(cc1OC)C(COc1ccc(F)cc1)N(C(=O)c1ccccc1C)CC2. The van der Waals surface area contributed by atoms with Crippen molar-refractivity contribution in [1.29, 1.82) is 0 Å². The Labute approximate surface area is 187 Å². The number of hydrogen-bond donors (Lipinski definition) is 0. The molecule has 0 aliphatic carbocycles. The predicted molar refractivity (Wildman–Crippen MR) is 120 cm³/mol. The minimum Gasteiger partial charge on any atom is -0.493 e. The number of halogens is 1. The molecule has 1 aliphatic heterocycles. The second-order valence-corrected chi connectivity index (χ2v) is 7.75. The monoisotopic (exact) mass is 435 g/mol. The summed E-state index contributed by atoms with van der Waals surface area (Å²) in [6.45, 7) is 2.71. The summed E-state index contributed by atoms with van der Waals surface area (Å²) in [6.07, 6.45) is 0.695. The van der Waals surface area contributed by atoms with Gasteiger partial charge in [-0.25, -0.2) is 4.39 Å². The van der Waals surface area contributed by atoms with E-state index in [0.29, 0.717) is 35.8 Å². The van der Waals surface area contributed by atoms with Gasteiger partial charge in [-0.05, 0) is 72.5 Å². The molecule has 1 atom stereocenters. The Morgan fingerprint density at radius 3 is 2.41 bits per heavy atom. The molecule has 1 heterocycles. The van der Waals surface area contributed by atoms with Gasteiger partial charge in [0.25, 0.3) is 5.91 Å². The molecule has 0 bridgehead atoms. The lowest BCUT2D eigenvalue weighted by molar-refractivity contribution is 0.0588. The van der Waals surface area contributed by atoms with Gasteiger partial charge in [0.1, 0.15) is 18.2 Å². The van der Waals surface area contributed by atoms with E-state index in [-0.39, 0.29) is 24.4 Å². The number of nitrogens with zero attached hydrogens (tertiary/aromatic N) is 1. The summed E-state index contributed by atoms with van der Waals surface area (Å²) in [5.41, 5.74) is 3.64. The van der Waals surface area contributed by atoms with Crippen LogP contribution in [0.15, 0.2) is 60.7 Å². The number of hydrogen-bond acceptors (Lipinski definition) is 4. The van der Waals surface area contributed by atoms with Gasteiger partial charge < -0.3 is 19.1 Å². The molecule has 1 aliphatic rings. The van der Waals surface area contributed by atoms with Crippen molar-refractivity contribution in [3.05, 3.63) is 88.7 Å². The molecule has 0 aromatic heterocycles. The molecule has 4 rings (SSSR count). The van der Waals surface area contributed by atoms with Crippen molar-refractivity contribution >= 4 is 5.91 Å². The van der Waals surface area contributed by atoms with E-state index in [4.69, 9.17) is 14.2 Å². The smallest absolute Gasteiger partial charge is 0.254 e. The van der Waals surface area contributed by atoms with Crippen molar-refractivity contribution < 1.29 is 23.4 Å². The number of amides is 1. The zero-order valence-electron chi connectivity index (χ0n) is 18.4. The van der Waals surface area contributed by atoms with Gasteiger partial charge in [0.05, 0.1) is 20.3 Å². The Kier molecular flexibility index (Phi) is 6.30. The van der Waals surface area contributed by atoms with Crippen molar-refractivity contribution in [1.82, 2.24) is 4.90 Å². The molecular weight excluding hydrogens is 409 g/mol. The van der Waals surface area contributed by atoms with Gasteiger partial charge >= 0.3 is 0 Å². The van der Waals surface area contributed by atoms with Crippen LogP contribution in [0.4, 0.5) is 4.39 Å². The quantitative estimate of drug-likeness (QED) is 0.549. The fourth-order valence-corrected chi connectivity index (χ4v) is 4.12. The minimum atomic E-state index is -0.337. The Morgan fingerprint density at radius 1 is 1.03 bits per heavy atom. The maximum Gasteiger partial charge on any atom is 0.254 e. The number of rotatable bonds is 6. The van der Waals surface area contributed by atoms with Gasteiger partial charge in [-0.3, -0.25) is 4.79 Å². The van der Waals surface area contributed by atoms with Crippen molar-refractivity contribution in [2.45, 2.75) is 19.4 Å². The third-order valence-electron chi connectivity index (χ3n) is 5.86. The number of aryl methyl sites for hydroxylation is 1. The third-order valence-corrected chi connectivity index (χ3v) is 5.86. The predicted octanol–water partition coefficient (Wildman–Crippen LogP) is 4.97. The first-order valence-electron chi connectivity index (χ1n) is 10.5. The molecule has 3 aromatic rings. The lowest BCUT2D eigenvalue weighted by atomic mass is 9.91. The molecule has 0 fully saturated rings. The Hall–Kier alpha value is -3.54. The fraction of sp³-hybridized carbons (Fsp3) is 0.269. The summed E-state index contributed by atoms with van der Waals surface area (Å²) in [5.74, 6) is 1.43. The van der Waals surface area contributed by atoms with Crippen LogP contribution in [-0.2, 0) is 6.42 Å². The van der Waals surface area contributed by atoms with Crippen LogP contribution in [0.1, 0.15) is 33.1 Å². The highest BCUT2D eigenvalue weighted by Gasteiger charge is 2.33. The zero-order valence-corrected chi connectivity index (χ0v) is 18.4. The van der Waals surface area contributed by atoms with Crippen LogP contribution in [-0.4, -0.2) is 38.2 Å². The number of fused-ring (bicyclic) bond motifs is 1. The first kappa shape index (κ1) is 21.7. The molecule has 0 radical (unpaired) electrons. The van der Waals surface area contributed by atoms with Crippen LogP contribution in [0.3, 0.4) is 0 Å². The van der Waals surface area contributed by atoms with E-state index >= 15 is 0 Å². The van der Waals surface area contributed by atoms with Gasteiger partial charge in [0.15, 0.2) is 11.5 Å². The first-order valence-corrected chi connectivity index (χ1v) is 10.5. The summed E-state index contributed by atoms with van der Waals surface area (Å²) in [7, 11) is 3.20. The van der Waals surface area contributed by atoms with Crippen molar-refractivity contribution in [3.8, 4) is 17.2 Å². The number of benzene rings is 3. The highest BCUT2D eigenvalue weighted by Crippen LogP contribution is 2.39. The van der Waals surface area contributed by atoms with E-state index in [0.717, 1.165) is 16.7 Å². The highest BCUT2D eigenvalue weighted by molar-refractivity contribution is 5.96. The number of carbonyl (C=O) groups is 1. The maximum absolute atomic E-state index is 13.5. The lowest BCUT2D eigenvalue weighted by Gasteiger charge is -2.38. The second-order valence-electron chi connectivity index (χ2n) is 7.75. The molecule has 0 N–H and O–H groups in total. The molecule has 1 amide bonds. The van der Waals surface area contributed by atoms with Crippen molar-refractivity contribution in [2.24, 2.45) is 0 Å². The number of methoxy groups -OCH3 is 2. The topological polar surface area (TPSA) is 48.0 Å². The van der Waals surface area contributed by atoms with E-state index in [1.807, 2.05) is 48.2 Å². The number of carbonyl (C=O) groups excluding carboxylic acids is 1. The molecule has 0 spiro atoms. The third kappa shape index (κ3) is 4.26. The van der Waals surface area contributed by atoms with Crippen LogP contribution < -0.4 is 14.2 Å². The van der Waals surface area contributed by atoms with Gasteiger partial charge in [0, 0.05) is 12.1 Å². The fourth-order valence-electron chi connectivity index (χ4n) is 4.12. The van der Waals surface area contributed by atoms with E-state index < -0.39 is 0 Å². The molecule has 6 heteroatoms. The van der Waals surface area contributed by atoms with Crippen molar-refractivity contribution in [3.63, 3.8) is 0 Å². The van der Waals surface area contributed by atoms with E-state index in [2.05, 4.69) is 0 Å². The minimum absolute atomic E-state index is 0.0451. The zero-order chi connectivity index (χ0) is 22.7. The maximum atomic E-state index is 13.5. The Balaban J connectivity index is 1.71. The van der Waals surface area contributed by atoms with Gasteiger partial charge in [0.2, 0.25) is 0 Å². The molecule has 166 valence electrons. The van der Waals surface area contributed by atoms with Crippen LogP contribution in [0, 0.1) is 12.7 Å². The van der Waals surface area contributed by atoms with E-state index in [9.17, 15) is 9.18 Å². The van der Waals surface area contributed by atoms with E-state index in [1.165, 1.54) is 12.1 Å². The molecule has 0 saturated carbocycles. The van der Waals surface area contributed by atoms with Crippen molar-refractivity contribution in [2.75, 3.05) is 27.4 Å². The standard InChI is InChI=1S/C26H26FNO4/c1-17-6-4-5-7-21(17)26(29)28-13-12-18-14-24(30-2)25(31-3)15-22(18)23(28)16-32-20-10-8-19(27)9-11-20/h4-11,14-15,23H,12-13,16H2,1-3H3. The second kappa shape index (κ2) is 9.30. The average Bonchev–Trinajstić information content (AvgIpc) is 2.82. The highest BCUT2D eigenvalue weighted by atomic mass is 19.1. The molecule has 3 aromatic carbocycles.